The van der Waals surface area contributed by atoms with Gasteiger partial charge in [0.1, 0.15) is 5.82 Å². The Balaban J connectivity index is 1.82. The standard InChI is InChI=1S/C22H19FN4O2S/c1-14-11-12-15(2)20(13-14)30(28,29)27-22-21(24-17-8-4-3-7-16(17)23)25-18-9-5-6-10-19(18)26-22/h3-13H,1-2H3,(H,24,25)(H,26,27). The number of aryl methyl sites for hydroxylation is 2. The number of aromatic nitrogens is 2. The summed E-state index contributed by atoms with van der Waals surface area (Å²) < 4.78 is 42.9. The lowest BCUT2D eigenvalue weighted by molar-refractivity contribution is 0.600. The molecule has 8 heteroatoms. The van der Waals surface area contributed by atoms with Gasteiger partial charge in [-0.3, -0.25) is 4.72 Å². The van der Waals surface area contributed by atoms with E-state index in [1.54, 1.807) is 55.5 Å². The fourth-order valence-corrected chi connectivity index (χ4v) is 4.37. The van der Waals surface area contributed by atoms with Gasteiger partial charge in [-0.2, -0.15) is 0 Å². The van der Waals surface area contributed by atoms with Crippen LogP contribution in [0.4, 0.5) is 21.7 Å². The van der Waals surface area contributed by atoms with Gasteiger partial charge in [-0.15, -0.1) is 0 Å². The third kappa shape index (κ3) is 3.95. The van der Waals surface area contributed by atoms with Gasteiger partial charge in [-0.25, -0.2) is 22.8 Å². The number of anilines is 3. The molecule has 6 nitrogen and oxygen atoms in total. The number of nitrogens with zero attached hydrogens (tertiary/aromatic N) is 2. The molecule has 0 unspecified atom stereocenters. The Morgan fingerprint density at radius 2 is 1.47 bits per heavy atom. The zero-order valence-electron chi connectivity index (χ0n) is 16.3. The van der Waals surface area contributed by atoms with Crippen LogP contribution in [0.2, 0.25) is 0 Å². The maximum atomic E-state index is 14.2. The quantitative estimate of drug-likeness (QED) is 0.476. The van der Waals surface area contributed by atoms with E-state index in [1.165, 1.54) is 12.1 Å². The average Bonchev–Trinajstić information content (AvgIpc) is 2.71. The topological polar surface area (TPSA) is 84.0 Å². The minimum Gasteiger partial charge on any atom is -0.335 e. The van der Waals surface area contributed by atoms with Crippen LogP contribution in [0, 0.1) is 19.7 Å². The SMILES string of the molecule is Cc1ccc(C)c(S(=O)(=O)Nc2nc3ccccc3nc2Nc2ccccc2F)c1. The van der Waals surface area contributed by atoms with Crippen LogP contribution >= 0.6 is 0 Å². The molecule has 0 saturated heterocycles. The summed E-state index contributed by atoms with van der Waals surface area (Å²) in [6.07, 6.45) is 0. The van der Waals surface area contributed by atoms with Crippen LogP contribution in [0.5, 0.6) is 0 Å². The molecule has 0 aliphatic heterocycles. The summed E-state index contributed by atoms with van der Waals surface area (Å²) in [5.74, 6) is -0.402. The molecule has 152 valence electrons. The van der Waals surface area contributed by atoms with E-state index in [2.05, 4.69) is 20.0 Å². The summed E-state index contributed by atoms with van der Waals surface area (Å²) in [5.41, 5.74) is 2.64. The summed E-state index contributed by atoms with van der Waals surface area (Å²) in [4.78, 5) is 9.04. The predicted molar refractivity (Wildman–Crippen MR) is 116 cm³/mol. The fourth-order valence-electron chi connectivity index (χ4n) is 3.03. The maximum Gasteiger partial charge on any atom is 0.263 e. The van der Waals surface area contributed by atoms with Crippen molar-refractivity contribution in [2.75, 3.05) is 10.0 Å². The molecule has 30 heavy (non-hydrogen) atoms. The molecule has 0 bridgehead atoms. The van der Waals surface area contributed by atoms with Crippen molar-refractivity contribution < 1.29 is 12.8 Å². The van der Waals surface area contributed by atoms with Gasteiger partial charge in [-0.1, -0.05) is 36.4 Å². The van der Waals surface area contributed by atoms with Crippen molar-refractivity contribution in [3.8, 4) is 0 Å². The summed E-state index contributed by atoms with van der Waals surface area (Å²) >= 11 is 0. The van der Waals surface area contributed by atoms with Gasteiger partial charge >= 0.3 is 0 Å². The van der Waals surface area contributed by atoms with Crippen molar-refractivity contribution in [3.05, 3.63) is 83.7 Å². The number of sulfonamides is 1. The number of para-hydroxylation sites is 3. The first-order valence-electron chi connectivity index (χ1n) is 9.22. The van der Waals surface area contributed by atoms with E-state index in [0.29, 0.717) is 16.6 Å². The van der Waals surface area contributed by atoms with Crippen molar-refractivity contribution in [1.29, 1.82) is 0 Å². The van der Waals surface area contributed by atoms with Crippen LogP contribution in [0.15, 0.2) is 71.6 Å². The highest BCUT2D eigenvalue weighted by Crippen LogP contribution is 2.28. The lowest BCUT2D eigenvalue weighted by atomic mass is 10.2. The van der Waals surface area contributed by atoms with Gasteiger partial charge in [0.15, 0.2) is 11.6 Å². The Morgan fingerprint density at radius 3 is 2.17 bits per heavy atom. The molecule has 0 fully saturated rings. The molecule has 0 aliphatic rings. The average molecular weight is 422 g/mol. The smallest absolute Gasteiger partial charge is 0.263 e. The van der Waals surface area contributed by atoms with Crippen molar-refractivity contribution in [3.63, 3.8) is 0 Å². The molecule has 4 aromatic rings. The van der Waals surface area contributed by atoms with Crippen LogP contribution in [0.25, 0.3) is 11.0 Å². The van der Waals surface area contributed by atoms with E-state index in [0.717, 1.165) is 5.56 Å². The van der Waals surface area contributed by atoms with Crippen LogP contribution in [0.3, 0.4) is 0 Å². The van der Waals surface area contributed by atoms with Gasteiger partial charge < -0.3 is 5.32 Å². The maximum absolute atomic E-state index is 14.2. The largest absolute Gasteiger partial charge is 0.335 e. The molecule has 0 aliphatic carbocycles. The highest BCUT2D eigenvalue weighted by Gasteiger charge is 2.21. The first-order chi connectivity index (χ1) is 14.3. The first kappa shape index (κ1) is 19.8. The summed E-state index contributed by atoms with van der Waals surface area (Å²) in [6, 6.07) is 18.3. The molecule has 0 atom stereocenters. The summed E-state index contributed by atoms with van der Waals surface area (Å²) in [7, 11) is -3.95. The minimum atomic E-state index is -3.95. The third-order valence-electron chi connectivity index (χ3n) is 4.56. The molecular formula is C22H19FN4O2S. The Bertz CT molecular complexity index is 1360. The number of rotatable bonds is 5. The van der Waals surface area contributed by atoms with Gasteiger partial charge in [0.05, 0.1) is 21.6 Å². The van der Waals surface area contributed by atoms with Crippen LogP contribution in [-0.2, 0) is 10.0 Å². The van der Waals surface area contributed by atoms with E-state index in [-0.39, 0.29) is 22.2 Å². The zero-order valence-corrected chi connectivity index (χ0v) is 17.2. The first-order valence-corrected chi connectivity index (χ1v) is 10.7. The Hall–Kier alpha value is -3.52. The van der Waals surface area contributed by atoms with E-state index >= 15 is 0 Å². The number of fused-ring (bicyclic) bond motifs is 1. The van der Waals surface area contributed by atoms with E-state index in [4.69, 9.17) is 0 Å². The zero-order chi connectivity index (χ0) is 21.3. The van der Waals surface area contributed by atoms with E-state index in [1.807, 2.05) is 13.0 Å². The van der Waals surface area contributed by atoms with Crippen molar-refractivity contribution >= 4 is 38.4 Å². The molecular weight excluding hydrogens is 403 g/mol. The molecule has 0 spiro atoms. The summed E-state index contributed by atoms with van der Waals surface area (Å²) in [6.45, 7) is 3.54. The lowest BCUT2D eigenvalue weighted by Crippen LogP contribution is -2.17. The van der Waals surface area contributed by atoms with Gasteiger partial charge in [0.25, 0.3) is 10.0 Å². The highest BCUT2D eigenvalue weighted by molar-refractivity contribution is 7.92. The molecule has 1 aromatic heterocycles. The highest BCUT2D eigenvalue weighted by atomic mass is 32.2. The Labute approximate surface area is 173 Å². The van der Waals surface area contributed by atoms with Crippen molar-refractivity contribution in [1.82, 2.24) is 9.97 Å². The normalized spacial score (nSPS) is 11.4. The Morgan fingerprint density at radius 1 is 0.833 bits per heavy atom. The second-order valence-corrected chi connectivity index (χ2v) is 8.54. The number of nitrogens with one attached hydrogen (secondary N) is 2. The van der Waals surface area contributed by atoms with Gasteiger partial charge in [0.2, 0.25) is 0 Å². The molecule has 0 radical (unpaired) electrons. The van der Waals surface area contributed by atoms with Gasteiger partial charge in [-0.05, 0) is 55.3 Å². The van der Waals surface area contributed by atoms with Crippen LogP contribution in [-0.4, -0.2) is 18.4 Å². The number of benzene rings is 3. The monoisotopic (exact) mass is 422 g/mol. The summed E-state index contributed by atoms with van der Waals surface area (Å²) in [5, 5.41) is 2.86. The molecule has 3 aromatic carbocycles. The Kier molecular flexibility index (Phi) is 5.09. The fraction of sp³-hybridized carbons (Fsp3) is 0.0909. The van der Waals surface area contributed by atoms with Crippen LogP contribution < -0.4 is 10.0 Å². The number of hydrogen-bond acceptors (Lipinski definition) is 5. The predicted octanol–water partition coefficient (Wildman–Crippen LogP) is 4.93. The number of halogens is 1. The molecule has 4 rings (SSSR count). The van der Waals surface area contributed by atoms with Crippen molar-refractivity contribution in [2.45, 2.75) is 18.7 Å². The number of hydrogen-bond donors (Lipinski definition) is 2. The molecule has 1 heterocycles. The second kappa shape index (κ2) is 7.72. The minimum absolute atomic E-state index is 0.0159. The second-order valence-electron chi connectivity index (χ2n) is 6.89. The van der Waals surface area contributed by atoms with Crippen molar-refractivity contribution in [2.24, 2.45) is 0 Å². The van der Waals surface area contributed by atoms with E-state index < -0.39 is 15.8 Å². The molecule has 2 N–H and O–H groups in total. The van der Waals surface area contributed by atoms with Gasteiger partial charge in [0, 0.05) is 0 Å². The lowest BCUT2D eigenvalue weighted by Gasteiger charge is -2.15. The molecule has 0 amide bonds. The van der Waals surface area contributed by atoms with Crippen LogP contribution in [0.1, 0.15) is 11.1 Å². The molecule has 0 saturated carbocycles. The third-order valence-corrected chi connectivity index (χ3v) is 6.04. The van der Waals surface area contributed by atoms with E-state index in [9.17, 15) is 12.8 Å².